The molecule has 0 aromatic heterocycles. The van der Waals surface area contributed by atoms with Crippen molar-refractivity contribution >= 4 is 23.1 Å². The molecular formula is C19H18N2O2. The van der Waals surface area contributed by atoms with Gasteiger partial charge in [-0.2, -0.15) is 0 Å². The van der Waals surface area contributed by atoms with Crippen molar-refractivity contribution in [3.8, 4) is 0 Å². The maximum atomic E-state index is 12.8. The minimum Gasteiger partial charge on any atom is -0.372 e. The number of anilines is 2. The number of carbonyl (C=O) groups is 2. The normalized spacial score (nSPS) is 22.5. The van der Waals surface area contributed by atoms with Gasteiger partial charge in [-0.25, -0.2) is 0 Å². The van der Waals surface area contributed by atoms with Gasteiger partial charge in [0.1, 0.15) is 0 Å². The highest BCUT2D eigenvalue weighted by molar-refractivity contribution is 6.52. The molecule has 2 aliphatic rings. The topological polar surface area (TPSA) is 40.6 Å². The first-order valence-corrected chi connectivity index (χ1v) is 7.89. The summed E-state index contributed by atoms with van der Waals surface area (Å²) in [5.41, 5.74) is 2.98. The molecular weight excluding hydrogens is 288 g/mol. The predicted molar refractivity (Wildman–Crippen MR) is 89.9 cm³/mol. The molecule has 1 unspecified atom stereocenters. The van der Waals surface area contributed by atoms with Crippen LogP contribution >= 0.6 is 0 Å². The summed E-state index contributed by atoms with van der Waals surface area (Å²) < 4.78 is 0. The van der Waals surface area contributed by atoms with Crippen molar-refractivity contribution in [3.05, 3.63) is 59.7 Å². The number of hydrogen-bond donors (Lipinski definition) is 0. The van der Waals surface area contributed by atoms with Crippen LogP contribution in [0.1, 0.15) is 29.3 Å². The summed E-state index contributed by atoms with van der Waals surface area (Å²) in [7, 11) is 2.03. The van der Waals surface area contributed by atoms with E-state index in [4.69, 9.17) is 0 Å². The van der Waals surface area contributed by atoms with Crippen LogP contribution in [0, 0.1) is 0 Å². The molecule has 4 nitrogen and oxygen atoms in total. The van der Waals surface area contributed by atoms with Crippen LogP contribution in [0.2, 0.25) is 0 Å². The Morgan fingerprint density at radius 3 is 2.39 bits per heavy atom. The highest BCUT2D eigenvalue weighted by Gasteiger charge is 2.52. The lowest BCUT2D eigenvalue weighted by Gasteiger charge is -2.38. The Balaban J connectivity index is 1.96. The SMILES string of the molecule is CCC1(N2C(=O)C(=O)c3ccccc32)CN(C)c2ccccc21. The zero-order valence-electron chi connectivity index (χ0n) is 13.2. The summed E-state index contributed by atoms with van der Waals surface area (Å²) >= 11 is 0. The Labute approximate surface area is 135 Å². The molecule has 116 valence electrons. The van der Waals surface area contributed by atoms with Crippen molar-refractivity contribution in [1.82, 2.24) is 0 Å². The molecule has 0 spiro atoms. The molecule has 4 heteroatoms. The number of ketones is 1. The highest BCUT2D eigenvalue weighted by Crippen LogP contribution is 2.48. The van der Waals surface area contributed by atoms with E-state index in [0.717, 1.165) is 23.4 Å². The van der Waals surface area contributed by atoms with Gasteiger partial charge in [-0.1, -0.05) is 37.3 Å². The summed E-state index contributed by atoms with van der Waals surface area (Å²) in [5, 5.41) is 0. The molecule has 0 saturated heterocycles. The van der Waals surface area contributed by atoms with Gasteiger partial charge in [0.15, 0.2) is 0 Å². The fourth-order valence-corrected chi connectivity index (χ4v) is 4.03. The summed E-state index contributed by atoms with van der Waals surface area (Å²) in [5.74, 6) is -0.821. The summed E-state index contributed by atoms with van der Waals surface area (Å²) in [6, 6.07) is 15.4. The number of carbonyl (C=O) groups excluding carboxylic acids is 2. The minimum atomic E-state index is -0.495. The average Bonchev–Trinajstić information content (AvgIpc) is 3.02. The smallest absolute Gasteiger partial charge is 0.300 e. The molecule has 2 heterocycles. The van der Waals surface area contributed by atoms with Gasteiger partial charge in [-0.3, -0.25) is 14.5 Å². The van der Waals surface area contributed by atoms with Crippen LogP contribution in [0.4, 0.5) is 11.4 Å². The predicted octanol–water partition coefficient (Wildman–Crippen LogP) is 2.97. The maximum absolute atomic E-state index is 12.8. The Morgan fingerprint density at radius 1 is 1.00 bits per heavy atom. The van der Waals surface area contributed by atoms with Crippen molar-refractivity contribution < 1.29 is 9.59 Å². The minimum absolute atomic E-state index is 0.402. The Morgan fingerprint density at radius 2 is 1.65 bits per heavy atom. The Hall–Kier alpha value is -2.62. The molecule has 0 radical (unpaired) electrons. The molecule has 0 bridgehead atoms. The second-order valence-electron chi connectivity index (χ2n) is 6.25. The first kappa shape index (κ1) is 14.0. The van der Waals surface area contributed by atoms with E-state index in [0.29, 0.717) is 12.1 Å². The summed E-state index contributed by atoms with van der Waals surface area (Å²) in [4.78, 5) is 29.1. The molecule has 4 rings (SSSR count). The van der Waals surface area contributed by atoms with Crippen molar-refractivity contribution in [2.24, 2.45) is 0 Å². The van der Waals surface area contributed by atoms with E-state index in [2.05, 4.69) is 24.0 Å². The Kier molecular flexibility index (Phi) is 2.85. The molecule has 2 aromatic carbocycles. The molecule has 0 saturated carbocycles. The lowest BCUT2D eigenvalue weighted by Crippen LogP contribution is -2.51. The van der Waals surface area contributed by atoms with E-state index in [1.165, 1.54) is 0 Å². The maximum Gasteiger partial charge on any atom is 0.300 e. The molecule has 0 aliphatic carbocycles. The molecule has 1 amide bonds. The molecule has 1 atom stereocenters. The summed E-state index contributed by atoms with van der Waals surface area (Å²) in [6.07, 6.45) is 0.752. The van der Waals surface area contributed by atoms with Crippen LogP contribution in [0.5, 0.6) is 0 Å². The molecule has 23 heavy (non-hydrogen) atoms. The lowest BCUT2D eigenvalue weighted by atomic mass is 9.87. The van der Waals surface area contributed by atoms with E-state index in [1.807, 2.05) is 31.3 Å². The van der Waals surface area contributed by atoms with E-state index in [9.17, 15) is 9.59 Å². The van der Waals surface area contributed by atoms with Crippen LogP contribution in [0.3, 0.4) is 0 Å². The number of Topliss-reactive ketones (excluding diaryl/α,β-unsaturated/α-hetero) is 1. The van der Waals surface area contributed by atoms with Crippen molar-refractivity contribution in [2.45, 2.75) is 18.9 Å². The van der Waals surface area contributed by atoms with Gasteiger partial charge in [-0.05, 0) is 24.6 Å². The molecule has 0 N–H and O–H groups in total. The number of rotatable bonds is 2. The second kappa shape index (κ2) is 4.69. The third-order valence-corrected chi connectivity index (χ3v) is 5.12. The monoisotopic (exact) mass is 306 g/mol. The van der Waals surface area contributed by atoms with Gasteiger partial charge in [-0.15, -0.1) is 0 Å². The lowest BCUT2D eigenvalue weighted by molar-refractivity contribution is -0.115. The van der Waals surface area contributed by atoms with Crippen molar-refractivity contribution in [3.63, 3.8) is 0 Å². The zero-order chi connectivity index (χ0) is 16.2. The quantitative estimate of drug-likeness (QED) is 0.801. The van der Waals surface area contributed by atoms with Crippen LogP contribution < -0.4 is 9.80 Å². The standard InChI is InChI=1S/C19H18N2O2/c1-3-19(12-20(2)16-11-7-5-9-14(16)19)21-15-10-6-4-8-13(15)17(22)18(21)23/h4-11H,3,12H2,1-2H3. The third-order valence-electron chi connectivity index (χ3n) is 5.12. The van der Waals surface area contributed by atoms with Gasteiger partial charge in [0.25, 0.3) is 11.7 Å². The number of likely N-dealkylation sites (N-methyl/N-ethyl adjacent to an activating group) is 1. The number of nitrogens with zero attached hydrogens (tertiary/aromatic N) is 2. The van der Waals surface area contributed by atoms with Gasteiger partial charge < -0.3 is 4.90 Å². The second-order valence-corrected chi connectivity index (χ2v) is 6.25. The highest BCUT2D eigenvalue weighted by atomic mass is 16.2. The van der Waals surface area contributed by atoms with E-state index < -0.39 is 17.2 Å². The van der Waals surface area contributed by atoms with Gasteiger partial charge in [0.2, 0.25) is 0 Å². The summed E-state index contributed by atoms with van der Waals surface area (Å²) in [6.45, 7) is 2.77. The van der Waals surface area contributed by atoms with Crippen LogP contribution in [-0.4, -0.2) is 25.3 Å². The first-order valence-electron chi connectivity index (χ1n) is 7.89. The van der Waals surface area contributed by atoms with Crippen LogP contribution in [0.15, 0.2) is 48.5 Å². The molecule has 2 aliphatic heterocycles. The number of amides is 1. The molecule has 2 aromatic rings. The third kappa shape index (κ3) is 1.66. The number of fused-ring (bicyclic) bond motifs is 2. The van der Waals surface area contributed by atoms with Crippen molar-refractivity contribution in [2.75, 3.05) is 23.4 Å². The zero-order valence-corrected chi connectivity index (χ0v) is 13.2. The van der Waals surface area contributed by atoms with E-state index in [1.54, 1.807) is 17.0 Å². The largest absolute Gasteiger partial charge is 0.372 e. The van der Waals surface area contributed by atoms with Gasteiger partial charge in [0, 0.05) is 24.8 Å². The number of para-hydroxylation sites is 2. The first-order chi connectivity index (χ1) is 11.1. The number of hydrogen-bond acceptors (Lipinski definition) is 3. The average molecular weight is 306 g/mol. The van der Waals surface area contributed by atoms with Crippen molar-refractivity contribution in [1.29, 1.82) is 0 Å². The Bertz CT molecular complexity index is 830. The molecule has 0 fully saturated rings. The number of benzene rings is 2. The van der Waals surface area contributed by atoms with E-state index >= 15 is 0 Å². The van der Waals surface area contributed by atoms with Gasteiger partial charge in [0.05, 0.1) is 16.8 Å². The van der Waals surface area contributed by atoms with E-state index in [-0.39, 0.29) is 0 Å². The fourth-order valence-electron chi connectivity index (χ4n) is 4.03. The fraction of sp³-hybridized carbons (Fsp3) is 0.263. The van der Waals surface area contributed by atoms with Gasteiger partial charge >= 0.3 is 0 Å². The van der Waals surface area contributed by atoms with Crippen LogP contribution in [0.25, 0.3) is 0 Å². The van der Waals surface area contributed by atoms with Crippen LogP contribution in [-0.2, 0) is 10.3 Å².